The first-order valence-electron chi connectivity index (χ1n) is 5.40. The summed E-state index contributed by atoms with van der Waals surface area (Å²) in [7, 11) is 0. The third kappa shape index (κ3) is 4.70. The van der Waals surface area contributed by atoms with Gasteiger partial charge in [0.1, 0.15) is 12.4 Å². The number of thioether (sulfide) groups is 1. The van der Waals surface area contributed by atoms with Crippen molar-refractivity contribution in [1.29, 1.82) is 0 Å². The highest BCUT2D eigenvalue weighted by Gasteiger charge is 2.12. The summed E-state index contributed by atoms with van der Waals surface area (Å²) in [5, 5.41) is 8.15. The second-order valence-corrected chi connectivity index (χ2v) is 4.84. The molecule has 96 valence electrons. The largest absolute Gasteiger partial charge is 0.481 e. The predicted octanol–water partition coefficient (Wildman–Crippen LogP) is 2.07. The fourth-order valence-corrected chi connectivity index (χ4v) is 2.02. The highest BCUT2D eigenvalue weighted by molar-refractivity contribution is 8.00. The smallest absolute Gasteiger partial charge is 0.256 e. The monoisotopic (exact) mass is 265 g/mol. The van der Waals surface area contributed by atoms with Crippen molar-refractivity contribution in [3.63, 3.8) is 0 Å². The standard InChI is InChI=1S/C13H15NO3S/c1-3-4-9-17-11-5-7-12(8-6-11)18-10(2)13(15)14-16/h5-8,10,16H,9H2,1-2H3,(H,14,15). The maximum absolute atomic E-state index is 11.1. The molecular weight excluding hydrogens is 250 g/mol. The van der Waals surface area contributed by atoms with Gasteiger partial charge >= 0.3 is 0 Å². The van der Waals surface area contributed by atoms with Crippen LogP contribution < -0.4 is 10.2 Å². The van der Waals surface area contributed by atoms with Crippen molar-refractivity contribution < 1.29 is 14.7 Å². The van der Waals surface area contributed by atoms with Gasteiger partial charge in [-0.3, -0.25) is 10.0 Å². The summed E-state index contributed by atoms with van der Waals surface area (Å²) in [6.45, 7) is 3.85. The van der Waals surface area contributed by atoms with Gasteiger partial charge in [0.25, 0.3) is 5.91 Å². The van der Waals surface area contributed by atoms with Gasteiger partial charge in [-0.1, -0.05) is 5.92 Å². The van der Waals surface area contributed by atoms with Gasteiger partial charge in [0.2, 0.25) is 0 Å². The van der Waals surface area contributed by atoms with Crippen molar-refractivity contribution in [2.24, 2.45) is 0 Å². The number of carbonyl (C=O) groups excluding carboxylic acids is 1. The Balaban J connectivity index is 2.53. The third-order valence-electron chi connectivity index (χ3n) is 2.10. The molecule has 1 atom stereocenters. The normalized spacial score (nSPS) is 11.1. The Labute approximate surface area is 111 Å². The molecule has 0 radical (unpaired) electrons. The van der Waals surface area contributed by atoms with E-state index in [-0.39, 0.29) is 5.25 Å². The van der Waals surface area contributed by atoms with Crippen molar-refractivity contribution >= 4 is 17.7 Å². The fourth-order valence-electron chi connectivity index (χ4n) is 1.15. The first kappa shape index (κ1) is 14.4. The van der Waals surface area contributed by atoms with Gasteiger partial charge in [0.15, 0.2) is 0 Å². The summed E-state index contributed by atoms with van der Waals surface area (Å²) < 4.78 is 5.37. The molecule has 0 saturated heterocycles. The van der Waals surface area contributed by atoms with Crippen LogP contribution in [0.2, 0.25) is 0 Å². The molecule has 18 heavy (non-hydrogen) atoms. The number of amides is 1. The van der Waals surface area contributed by atoms with Crippen LogP contribution in [0.25, 0.3) is 0 Å². The maximum atomic E-state index is 11.1. The van der Waals surface area contributed by atoms with E-state index in [2.05, 4.69) is 11.8 Å². The minimum atomic E-state index is -0.418. The zero-order chi connectivity index (χ0) is 13.4. The number of benzene rings is 1. The lowest BCUT2D eigenvalue weighted by Crippen LogP contribution is -2.27. The molecular formula is C13H15NO3S. The third-order valence-corrected chi connectivity index (χ3v) is 3.22. The predicted molar refractivity (Wildman–Crippen MR) is 70.6 cm³/mol. The van der Waals surface area contributed by atoms with Gasteiger partial charge in [-0.2, -0.15) is 0 Å². The maximum Gasteiger partial charge on any atom is 0.256 e. The van der Waals surface area contributed by atoms with Crippen molar-refractivity contribution in [2.45, 2.75) is 24.0 Å². The fraction of sp³-hybridized carbons (Fsp3) is 0.308. The SMILES string of the molecule is CC#CCOc1ccc(SC(C)C(=O)NO)cc1. The quantitative estimate of drug-likeness (QED) is 0.370. The Kier molecular flexibility index (Phi) is 6.12. The van der Waals surface area contributed by atoms with Crippen LogP contribution in [0.5, 0.6) is 5.75 Å². The summed E-state index contributed by atoms with van der Waals surface area (Å²) in [5.41, 5.74) is 1.63. The molecule has 0 aliphatic rings. The lowest BCUT2D eigenvalue weighted by molar-refractivity contribution is -0.128. The second kappa shape index (κ2) is 7.64. The summed E-state index contributed by atoms with van der Waals surface area (Å²) in [4.78, 5) is 12.1. The molecule has 1 unspecified atom stereocenters. The molecule has 0 spiro atoms. The van der Waals surface area contributed by atoms with Crippen LogP contribution in [0.4, 0.5) is 0 Å². The lowest BCUT2D eigenvalue weighted by atomic mass is 10.3. The number of hydrogen-bond acceptors (Lipinski definition) is 4. The van der Waals surface area contributed by atoms with E-state index in [4.69, 9.17) is 9.94 Å². The zero-order valence-corrected chi connectivity index (χ0v) is 11.1. The Morgan fingerprint density at radius 1 is 1.50 bits per heavy atom. The van der Waals surface area contributed by atoms with E-state index < -0.39 is 5.91 Å². The highest BCUT2D eigenvalue weighted by Crippen LogP contribution is 2.25. The van der Waals surface area contributed by atoms with Crippen LogP contribution in [-0.2, 0) is 4.79 Å². The van der Waals surface area contributed by atoms with E-state index in [1.54, 1.807) is 19.3 Å². The highest BCUT2D eigenvalue weighted by atomic mass is 32.2. The van der Waals surface area contributed by atoms with Crippen molar-refractivity contribution in [3.8, 4) is 17.6 Å². The first-order valence-corrected chi connectivity index (χ1v) is 6.28. The number of carbonyl (C=O) groups is 1. The van der Waals surface area contributed by atoms with Crippen LogP contribution in [0.3, 0.4) is 0 Å². The Hall–Kier alpha value is -1.64. The minimum absolute atomic E-state index is 0.354. The molecule has 2 N–H and O–H groups in total. The molecule has 0 bridgehead atoms. The van der Waals surface area contributed by atoms with E-state index in [0.717, 1.165) is 10.6 Å². The van der Waals surface area contributed by atoms with Crippen LogP contribution in [0.1, 0.15) is 13.8 Å². The van der Waals surface area contributed by atoms with E-state index in [0.29, 0.717) is 6.61 Å². The van der Waals surface area contributed by atoms with Crippen molar-refractivity contribution in [1.82, 2.24) is 5.48 Å². The molecule has 4 nitrogen and oxygen atoms in total. The molecule has 1 aromatic rings. The molecule has 0 fully saturated rings. The lowest BCUT2D eigenvalue weighted by Gasteiger charge is -2.09. The zero-order valence-electron chi connectivity index (χ0n) is 10.3. The van der Waals surface area contributed by atoms with Crippen LogP contribution in [-0.4, -0.2) is 23.0 Å². The average molecular weight is 265 g/mol. The van der Waals surface area contributed by atoms with E-state index in [1.165, 1.54) is 11.8 Å². The minimum Gasteiger partial charge on any atom is -0.481 e. The average Bonchev–Trinajstić information content (AvgIpc) is 2.40. The van der Waals surface area contributed by atoms with Crippen LogP contribution in [0.15, 0.2) is 29.2 Å². The Morgan fingerprint density at radius 3 is 2.72 bits per heavy atom. The summed E-state index contributed by atoms with van der Waals surface area (Å²) >= 11 is 1.36. The van der Waals surface area contributed by atoms with E-state index >= 15 is 0 Å². The number of nitrogens with one attached hydrogen (secondary N) is 1. The van der Waals surface area contributed by atoms with E-state index in [9.17, 15) is 4.79 Å². The van der Waals surface area contributed by atoms with Crippen LogP contribution in [0, 0.1) is 11.8 Å². The van der Waals surface area contributed by atoms with Gasteiger partial charge in [-0.15, -0.1) is 17.7 Å². The first-order chi connectivity index (χ1) is 8.67. The van der Waals surface area contributed by atoms with Gasteiger partial charge in [0, 0.05) is 4.90 Å². The molecule has 1 rings (SSSR count). The summed E-state index contributed by atoms with van der Waals surface area (Å²) in [6.07, 6.45) is 0. The summed E-state index contributed by atoms with van der Waals surface area (Å²) in [5.74, 6) is 5.87. The van der Waals surface area contributed by atoms with Crippen LogP contribution >= 0.6 is 11.8 Å². The topological polar surface area (TPSA) is 58.6 Å². The molecule has 5 heteroatoms. The van der Waals surface area contributed by atoms with Gasteiger partial charge in [-0.05, 0) is 38.1 Å². The molecule has 0 aliphatic carbocycles. The second-order valence-electron chi connectivity index (χ2n) is 3.42. The number of ether oxygens (including phenoxy) is 1. The number of rotatable bonds is 5. The molecule has 0 heterocycles. The number of hydroxylamine groups is 1. The Bertz CT molecular complexity index is 448. The van der Waals surface area contributed by atoms with Crippen molar-refractivity contribution in [2.75, 3.05) is 6.61 Å². The Morgan fingerprint density at radius 2 is 2.17 bits per heavy atom. The molecule has 0 aliphatic heterocycles. The van der Waals surface area contributed by atoms with Gasteiger partial charge in [0.05, 0.1) is 5.25 Å². The van der Waals surface area contributed by atoms with Crippen molar-refractivity contribution in [3.05, 3.63) is 24.3 Å². The molecule has 1 amide bonds. The molecule has 0 saturated carbocycles. The van der Waals surface area contributed by atoms with E-state index in [1.807, 2.05) is 24.3 Å². The number of hydrogen-bond donors (Lipinski definition) is 2. The van der Waals surface area contributed by atoms with Gasteiger partial charge in [-0.25, -0.2) is 5.48 Å². The molecule has 1 aromatic carbocycles. The summed E-state index contributed by atoms with van der Waals surface area (Å²) in [6, 6.07) is 7.37. The van der Waals surface area contributed by atoms with Gasteiger partial charge < -0.3 is 4.74 Å². The molecule has 0 aromatic heterocycles.